The van der Waals surface area contributed by atoms with Crippen molar-refractivity contribution in [1.29, 1.82) is 0 Å². The summed E-state index contributed by atoms with van der Waals surface area (Å²) in [6.07, 6.45) is -3.38. The molecule has 29 heavy (non-hydrogen) atoms. The number of aliphatic hydroxyl groups is 1. The Kier molecular flexibility index (Phi) is 5.95. The third kappa shape index (κ3) is 3.99. The number of Topliss-reactive ketones (excluding diaryl/α,β-unsaturated/α-hetero) is 2. The topological polar surface area (TPSA) is 96.9 Å². The molecule has 0 aliphatic heterocycles. The molecule has 0 spiro atoms. The number of hydrogen-bond donors (Lipinski definition) is 2. The predicted molar refractivity (Wildman–Crippen MR) is 90.7 cm³/mol. The molecule has 2 N–H and O–H groups in total. The summed E-state index contributed by atoms with van der Waals surface area (Å²) in [7, 11) is 1.41. The number of aromatic nitrogens is 1. The summed E-state index contributed by atoms with van der Waals surface area (Å²) in [6, 6.07) is 1.49. The Morgan fingerprint density at radius 1 is 1.17 bits per heavy atom. The first-order chi connectivity index (χ1) is 13.7. The molecule has 10 heteroatoms. The van der Waals surface area contributed by atoms with E-state index in [1.54, 1.807) is 0 Å². The third-order valence-electron chi connectivity index (χ3n) is 5.32. The number of alkyl halides is 3. The minimum Gasteiger partial charge on any atom is -0.506 e. The lowest BCUT2D eigenvalue weighted by atomic mass is 9.81. The molecule has 2 unspecified atom stereocenters. The van der Waals surface area contributed by atoms with Crippen molar-refractivity contribution in [3.05, 3.63) is 34.7 Å². The minimum absolute atomic E-state index is 0.0194. The third-order valence-corrected chi connectivity index (χ3v) is 5.32. The van der Waals surface area contributed by atoms with Crippen molar-refractivity contribution in [2.24, 2.45) is 11.8 Å². The number of allylic oxidation sites excluding steroid dienone is 1. The van der Waals surface area contributed by atoms with E-state index in [-0.39, 0.29) is 35.3 Å². The molecule has 2 fully saturated rings. The zero-order valence-electron chi connectivity index (χ0n) is 15.7. The van der Waals surface area contributed by atoms with Crippen molar-refractivity contribution in [3.63, 3.8) is 0 Å². The van der Waals surface area contributed by atoms with Crippen LogP contribution < -0.4 is 4.73 Å². The smallest absolute Gasteiger partial charge is 0.482 e. The number of rotatable bonds is 6. The standard InChI is InChI=1S/C19H20F3NO6/c1-28-6-7-29-9-13-12(4-5-14(23(13)27)19(20,21)22)18(26)15-16(24)10-2-3-11(8-10)17(15)25/h4-5,10-11H,2-3,6-9H2,1H3,(H-,24,25,26,27)/p+1. The number of halogens is 3. The first kappa shape index (κ1) is 21.3. The Labute approximate surface area is 164 Å². The van der Waals surface area contributed by atoms with Crippen molar-refractivity contribution in [1.82, 2.24) is 0 Å². The number of aliphatic hydroxyl groups excluding tert-OH is 1. The summed E-state index contributed by atoms with van der Waals surface area (Å²) >= 11 is 0. The second-order valence-corrected chi connectivity index (χ2v) is 7.09. The molecule has 2 atom stereocenters. The summed E-state index contributed by atoms with van der Waals surface area (Å²) in [5.41, 5.74) is -2.50. The molecule has 3 rings (SSSR count). The maximum atomic E-state index is 13.2. The molecule has 0 amide bonds. The highest BCUT2D eigenvalue weighted by atomic mass is 19.4. The summed E-state index contributed by atoms with van der Waals surface area (Å²) in [6.45, 7) is -0.329. The van der Waals surface area contributed by atoms with Crippen LogP contribution in [0.1, 0.15) is 36.2 Å². The van der Waals surface area contributed by atoms with Crippen molar-refractivity contribution in [2.45, 2.75) is 32.0 Å². The van der Waals surface area contributed by atoms with Gasteiger partial charge in [-0.25, -0.2) is 0 Å². The fourth-order valence-corrected chi connectivity index (χ4v) is 3.82. The number of pyridine rings is 1. The van der Waals surface area contributed by atoms with Crippen LogP contribution in [0.25, 0.3) is 5.76 Å². The normalized spacial score (nSPS) is 21.7. The van der Waals surface area contributed by atoms with Gasteiger partial charge in [-0.2, -0.15) is 13.2 Å². The zero-order chi connectivity index (χ0) is 21.3. The molecule has 0 aromatic carbocycles. The minimum atomic E-state index is -4.87. The highest BCUT2D eigenvalue weighted by Gasteiger charge is 2.47. The molecule has 0 saturated heterocycles. The molecule has 158 valence electrons. The van der Waals surface area contributed by atoms with Crippen molar-refractivity contribution < 1.29 is 47.3 Å². The first-order valence-corrected chi connectivity index (χ1v) is 9.09. The molecule has 0 radical (unpaired) electrons. The van der Waals surface area contributed by atoms with Crippen LogP contribution in [0.4, 0.5) is 13.2 Å². The second-order valence-electron chi connectivity index (χ2n) is 7.09. The van der Waals surface area contributed by atoms with Crippen molar-refractivity contribution in [3.8, 4) is 0 Å². The van der Waals surface area contributed by atoms with Crippen LogP contribution in [-0.4, -0.2) is 42.2 Å². The summed E-state index contributed by atoms with van der Waals surface area (Å²) in [5.74, 6) is -2.54. The molecule has 2 aliphatic rings. The van der Waals surface area contributed by atoms with E-state index in [1.165, 1.54) is 7.11 Å². The van der Waals surface area contributed by atoms with Gasteiger partial charge >= 0.3 is 11.9 Å². The number of hydrogen-bond acceptors (Lipinski definition) is 6. The fourth-order valence-electron chi connectivity index (χ4n) is 3.82. The SMILES string of the molecule is COCCOCc1c(C(O)=C2C(=O)C3CCC(C3)C2=O)ccc(C(F)(F)F)[n+]1O. The van der Waals surface area contributed by atoms with E-state index in [9.17, 15) is 33.1 Å². The van der Waals surface area contributed by atoms with Gasteiger partial charge in [0.1, 0.15) is 17.9 Å². The molecule has 7 nitrogen and oxygen atoms in total. The van der Waals surface area contributed by atoms with Crippen molar-refractivity contribution >= 4 is 17.3 Å². The number of carbonyl (C=O) groups is 2. The van der Waals surface area contributed by atoms with E-state index in [0.717, 1.165) is 6.07 Å². The average Bonchev–Trinajstić information content (AvgIpc) is 3.10. The number of ether oxygens (including phenoxy) is 2. The summed E-state index contributed by atoms with van der Waals surface area (Å²) in [4.78, 5) is 25.2. The monoisotopic (exact) mass is 416 g/mol. The molecule has 1 aromatic rings. The maximum absolute atomic E-state index is 13.2. The second kappa shape index (κ2) is 8.11. The Balaban J connectivity index is 2.08. The molecular formula is C19H21F3NO6+. The van der Waals surface area contributed by atoms with Crippen molar-refractivity contribution in [2.75, 3.05) is 20.3 Å². The van der Waals surface area contributed by atoms with E-state index in [0.29, 0.717) is 25.3 Å². The largest absolute Gasteiger partial charge is 0.506 e. The Morgan fingerprint density at radius 3 is 2.34 bits per heavy atom. The van der Waals surface area contributed by atoms with Crippen LogP contribution in [0, 0.1) is 11.8 Å². The van der Waals surface area contributed by atoms with Crippen LogP contribution in [0.2, 0.25) is 0 Å². The highest BCUT2D eigenvalue weighted by molar-refractivity contribution is 6.27. The Bertz CT molecular complexity index is 840. The van der Waals surface area contributed by atoms with Gasteiger partial charge in [0.2, 0.25) is 0 Å². The number of nitrogens with zero attached hydrogens (tertiary/aromatic N) is 1. The zero-order valence-corrected chi connectivity index (χ0v) is 15.7. The van der Waals surface area contributed by atoms with Gasteiger partial charge in [-0.1, -0.05) is 0 Å². The van der Waals surface area contributed by atoms with E-state index in [4.69, 9.17) is 9.47 Å². The predicted octanol–water partition coefficient (Wildman–Crippen LogP) is 2.23. The summed E-state index contributed by atoms with van der Waals surface area (Å²) in [5, 5.41) is 20.8. The number of fused-ring (bicyclic) bond motifs is 2. The van der Waals surface area contributed by atoms with E-state index < -0.39 is 47.1 Å². The number of methoxy groups -OCH3 is 1. The lowest BCUT2D eigenvalue weighted by molar-refractivity contribution is -0.920. The van der Waals surface area contributed by atoms with Gasteiger partial charge in [0, 0.05) is 29.7 Å². The fraction of sp³-hybridized carbons (Fsp3) is 0.526. The van der Waals surface area contributed by atoms with Gasteiger partial charge in [-0.05, 0) is 25.3 Å². The molecular weight excluding hydrogens is 395 g/mol. The molecule has 1 aromatic heterocycles. The molecule has 1 heterocycles. The van der Waals surface area contributed by atoms with Crippen LogP contribution in [0.3, 0.4) is 0 Å². The number of ketones is 2. The average molecular weight is 416 g/mol. The highest BCUT2D eigenvalue weighted by Crippen LogP contribution is 2.42. The van der Waals surface area contributed by atoms with Gasteiger partial charge in [0.05, 0.1) is 18.8 Å². The van der Waals surface area contributed by atoms with Gasteiger partial charge < -0.3 is 14.6 Å². The van der Waals surface area contributed by atoms with Crippen LogP contribution >= 0.6 is 0 Å². The lowest BCUT2D eigenvalue weighted by Gasteiger charge is -2.20. The van der Waals surface area contributed by atoms with Gasteiger partial charge in [-0.15, -0.1) is 0 Å². The quantitative estimate of drug-likeness (QED) is 0.184. The van der Waals surface area contributed by atoms with E-state index in [1.807, 2.05) is 0 Å². The van der Waals surface area contributed by atoms with E-state index >= 15 is 0 Å². The molecule has 2 aliphatic carbocycles. The molecule has 2 saturated carbocycles. The number of carbonyl (C=O) groups excluding carboxylic acids is 2. The lowest BCUT2D eigenvalue weighted by Crippen LogP contribution is -2.45. The van der Waals surface area contributed by atoms with Crippen LogP contribution in [0.5, 0.6) is 0 Å². The van der Waals surface area contributed by atoms with Gasteiger partial charge in [-0.3, -0.25) is 14.8 Å². The first-order valence-electron chi connectivity index (χ1n) is 9.09. The van der Waals surface area contributed by atoms with Gasteiger partial charge in [0.15, 0.2) is 11.6 Å². The van der Waals surface area contributed by atoms with Gasteiger partial charge in [0.25, 0.3) is 5.69 Å². The van der Waals surface area contributed by atoms with Crippen LogP contribution in [-0.2, 0) is 31.8 Å². The Morgan fingerprint density at radius 2 is 1.79 bits per heavy atom. The summed E-state index contributed by atoms with van der Waals surface area (Å²) < 4.78 is 49.4. The Hall–Kier alpha value is -2.46. The molecule has 2 bridgehead atoms. The van der Waals surface area contributed by atoms with E-state index in [2.05, 4.69) is 0 Å². The van der Waals surface area contributed by atoms with Crippen LogP contribution in [0.15, 0.2) is 17.7 Å². The maximum Gasteiger partial charge on any atom is 0.482 e.